The quantitative estimate of drug-likeness (QED) is 0.520. The molecular weight excluding hydrogens is 380 g/mol. The van der Waals surface area contributed by atoms with Crippen LogP contribution in [0, 0.1) is 17.8 Å². The number of aryl methyl sites for hydroxylation is 2. The van der Waals surface area contributed by atoms with Gasteiger partial charge in [-0.2, -0.15) is 0 Å². The van der Waals surface area contributed by atoms with Gasteiger partial charge in [-0.1, -0.05) is 36.7 Å². The minimum Gasteiger partial charge on any atom is -0.298 e. The van der Waals surface area contributed by atoms with Gasteiger partial charge in [0.15, 0.2) is 11.6 Å². The average Bonchev–Trinajstić information content (AvgIpc) is 2.68. The Labute approximate surface area is 179 Å². The molecule has 1 aliphatic rings. The first kappa shape index (κ1) is 21.5. The van der Waals surface area contributed by atoms with Crippen molar-refractivity contribution in [3.8, 4) is 11.1 Å². The number of Topliss-reactive ketones (excluding diaryl/α,β-unsaturated/α-hetero) is 2. The molecule has 29 heavy (non-hydrogen) atoms. The molecule has 2 aromatic rings. The maximum Gasteiger partial charge on any atom is 0.176 e. The van der Waals surface area contributed by atoms with E-state index in [0.717, 1.165) is 44.8 Å². The lowest BCUT2D eigenvalue weighted by molar-refractivity contribution is -0.141. The molecule has 0 spiro atoms. The molecule has 0 amide bonds. The highest BCUT2D eigenvalue weighted by Crippen LogP contribution is 2.48. The number of benzene rings is 2. The van der Waals surface area contributed by atoms with Crippen LogP contribution in [-0.2, 0) is 16.0 Å². The fourth-order valence-electron chi connectivity index (χ4n) is 4.30. The number of carbonyl (C=O) groups excluding carboxylic acids is 2. The summed E-state index contributed by atoms with van der Waals surface area (Å²) in [5.41, 5.74) is 5.01. The summed E-state index contributed by atoms with van der Waals surface area (Å²) in [5, 5.41) is 0.738. The van der Waals surface area contributed by atoms with Gasteiger partial charge in [0.25, 0.3) is 0 Å². The topological polar surface area (TPSA) is 34.1 Å². The summed E-state index contributed by atoms with van der Waals surface area (Å²) in [5.74, 6) is -0.0998. The van der Waals surface area contributed by atoms with Crippen LogP contribution in [-0.4, -0.2) is 11.6 Å². The maximum absolute atomic E-state index is 13.5. The van der Waals surface area contributed by atoms with Crippen LogP contribution in [0.4, 0.5) is 0 Å². The fourth-order valence-corrected chi connectivity index (χ4v) is 4.41. The summed E-state index contributed by atoms with van der Waals surface area (Å²) >= 11 is 6.20. The van der Waals surface area contributed by atoms with Crippen molar-refractivity contribution in [3.63, 3.8) is 0 Å². The van der Waals surface area contributed by atoms with Crippen molar-refractivity contribution in [2.24, 2.45) is 10.8 Å². The highest BCUT2D eigenvalue weighted by Gasteiger charge is 2.51. The third-order valence-electron chi connectivity index (χ3n) is 6.49. The first-order valence-corrected chi connectivity index (χ1v) is 10.5. The van der Waals surface area contributed by atoms with E-state index in [1.165, 1.54) is 0 Å². The standard InChI is InChI=1S/C26H29ClO2/c1-8-17-9-10-19(18-11-12-21(27)15(2)13-18)14-20(17)22-16(3)25(4,5)24(29)26(6,7)23(22)28/h9-14H,8H2,1-7H3. The SMILES string of the molecule is CCc1ccc(-c2ccc(Cl)c(C)c2)cc1C1=C(C)C(C)(C)C(=O)C(C)(C)C1=O. The Kier molecular flexibility index (Phi) is 5.38. The number of carbonyl (C=O) groups is 2. The van der Waals surface area contributed by atoms with Crippen LogP contribution in [0.2, 0.25) is 5.02 Å². The van der Waals surface area contributed by atoms with Gasteiger partial charge in [0.1, 0.15) is 0 Å². The van der Waals surface area contributed by atoms with E-state index in [-0.39, 0.29) is 11.6 Å². The average molecular weight is 409 g/mol. The Morgan fingerprint density at radius 1 is 0.862 bits per heavy atom. The van der Waals surface area contributed by atoms with Crippen LogP contribution in [0.15, 0.2) is 42.0 Å². The predicted molar refractivity (Wildman–Crippen MR) is 121 cm³/mol. The second kappa shape index (κ2) is 7.25. The molecule has 0 fully saturated rings. The fraction of sp³-hybridized carbons (Fsp3) is 0.385. The number of hydrogen-bond donors (Lipinski definition) is 0. The molecule has 0 saturated heterocycles. The van der Waals surface area contributed by atoms with Crippen molar-refractivity contribution >= 4 is 28.7 Å². The largest absolute Gasteiger partial charge is 0.298 e. The van der Waals surface area contributed by atoms with Gasteiger partial charge in [-0.15, -0.1) is 0 Å². The van der Waals surface area contributed by atoms with Gasteiger partial charge < -0.3 is 0 Å². The highest BCUT2D eigenvalue weighted by molar-refractivity contribution is 6.34. The van der Waals surface area contributed by atoms with Gasteiger partial charge in [0, 0.05) is 16.0 Å². The molecule has 2 nitrogen and oxygen atoms in total. The number of allylic oxidation sites excluding steroid dienone is 2. The third-order valence-corrected chi connectivity index (χ3v) is 6.92. The molecule has 0 saturated carbocycles. The van der Waals surface area contributed by atoms with E-state index >= 15 is 0 Å². The summed E-state index contributed by atoms with van der Waals surface area (Å²) in [6, 6.07) is 12.3. The number of halogens is 1. The summed E-state index contributed by atoms with van der Waals surface area (Å²) in [4.78, 5) is 26.5. The summed E-state index contributed by atoms with van der Waals surface area (Å²) in [6.07, 6.45) is 0.814. The van der Waals surface area contributed by atoms with E-state index in [1.807, 2.05) is 39.8 Å². The molecule has 0 N–H and O–H groups in total. The zero-order chi connectivity index (χ0) is 21.7. The van der Waals surface area contributed by atoms with Gasteiger partial charge in [0.2, 0.25) is 0 Å². The van der Waals surface area contributed by atoms with Gasteiger partial charge in [-0.05, 0) is 99.6 Å². The first-order valence-electron chi connectivity index (χ1n) is 10.1. The monoisotopic (exact) mass is 408 g/mol. The van der Waals surface area contributed by atoms with Crippen molar-refractivity contribution in [3.05, 3.63) is 63.7 Å². The maximum atomic E-state index is 13.5. The zero-order valence-electron chi connectivity index (χ0n) is 18.4. The van der Waals surface area contributed by atoms with Crippen LogP contribution < -0.4 is 0 Å². The van der Waals surface area contributed by atoms with E-state index in [9.17, 15) is 9.59 Å². The Balaban J connectivity index is 2.29. The molecule has 3 heteroatoms. The zero-order valence-corrected chi connectivity index (χ0v) is 19.1. The summed E-state index contributed by atoms with van der Waals surface area (Å²) in [7, 11) is 0. The second-order valence-electron chi connectivity index (χ2n) is 9.10. The second-order valence-corrected chi connectivity index (χ2v) is 9.50. The lowest BCUT2D eigenvalue weighted by Crippen LogP contribution is -2.47. The van der Waals surface area contributed by atoms with Crippen LogP contribution >= 0.6 is 11.6 Å². The lowest BCUT2D eigenvalue weighted by Gasteiger charge is -2.40. The third kappa shape index (κ3) is 3.38. The molecular formula is C26H29ClO2. The molecule has 0 aliphatic heterocycles. The van der Waals surface area contributed by atoms with Crippen molar-refractivity contribution in [1.29, 1.82) is 0 Å². The molecule has 0 unspecified atom stereocenters. The van der Waals surface area contributed by atoms with Crippen LogP contribution in [0.3, 0.4) is 0 Å². The van der Waals surface area contributed by atoms with Crippen LogP contribution in [0.1, 0.15) is 58.2 Å². The molecule has 1 aliphatic carbocycles. The molecule has 0 heterocycles. The van der Waals surface area contributed by atoms with E-state index in [2.05, 4.69) is 31.2 Å². The van der Waals surface area contributed by atoms with Crippen molar-refractivity contribution < 1.29 is 9.59 Å². The van der Waals surface area contributed by atoms with Crippen LogP contribution in [0.5, 0.6) is 0 Å². The Morgan fingerprint density at radius 3 is 2.03 bits per heavy atom. The van der Waals surface area contributed by atoms with E-state index in [0.29, 0.717) is 5.57 Å². The van der Waals surface area contributed by atoms with Gasteiger partial charge >= 0.3 is 0 Å². The number of hydrogen-bond acceptors (Lipinski definition) is 2. The normalized spacial score (nSPS) is 18.3. The Morgan fingerprint density at radius 2 is 1.45 bits per heavy atom. The van der Waals surface area contributed by atoms with Crippen LogP contribution in [0.25, 0.3) is 16.7 Å². The number of ketones is 2. The predicted octanol–water partition coefficient (Wildman–Crippen LogP) is 6.86. The molecule has 152 valence electrons. The van der Waals surface area contributed by atoms with Crippen molar-refractivity contribution in [2.75, 3.05) is 0 Å². The molecule has 0 aromatic heterocycles. The van der Waals surface area contributed by atoms with Gasteiger partial charge in [0.05, 0.1) is 5.41 Å². The Hall–Kier alpha value is -2.19. The smallest absolute Gasteiger partial charge is 0.176 e. The van der Waals surface area contributed by atoms with E-state index < -0.39 is 10.8 Å². The molecule has 2 aromatic carbocycles. The van der Waals surface area contributed by atoms with Gasteiger partial charge in [-0.25, -0.2) is 0 Å². The van der Waals surface area contributed by atoms with E-state index in [1.54, 1.807) is 13.8 Å². The minimum atomic E-state index is -1.03. The first-order chi connectivity index (χ1) is 13.4. The molecule has 0 atom stereocenters. The lowest BCUT2D eigenvalue weighted by atomic mass is 9.60. The molecule has 3 rings (SSSR count). The highest BCUT2D eigenvalue weighted by atomic mass is 35.5. The van der Waals surface area contributed by atoms with E-state index in [4.69, 9.17) is 11.6 Å². The van der Waals surface area contributed by atoms with Crippen molar-refractivity contribution in [1.82, 2.24) is 0 Å². The van der Waals surface area contributed by atoms with Crippen molar-refractivity contribution in [2.45, 2.75) is 54.9 Å². The van der Waals surface area contributed by atoms with Gasteiger partial charge in [-0.3, -0.25) is 9.59 Å². The molecule has 0 bridgehead atoms. The summed E-state index contributed by atoms with van der Waals surface area (Å²) < 4.78 is 0. The molecule has 0 radical (unpaired) electrons. The number of rotatable bonds is 3. The minimum absolute atomic E-state index is 0.0150. The Bertz CT molecular complexity index is 1050. The summed E-state index contributed by atoms with van der Waals surface area (Å²) in [6.45, 7) is 13.4.